The van der Waals surface area contributed by atoms with Crippen LogP contribution in [0, 0.1) is 13.8 Å². The molecule has 0 fully saturated rings. The molecule has 0 amide bonds. The van der Waals surface area contributed by atoms with Gasteiger partial charge in [0.05, 0.1) is 12.4 Å². The van der Waals surface area contributed by atoms with Crippen LogP contribution in [0.4, 0.5) is 0 Å². The summed E-state index contributed by atoms with van der Waals surface area (Å²) < 4.78 is 5.92. The van der Waals surface area contributed by atoms with Crippen LogP contribution in [0.2, 0.25) is 0 Å². The van der Waals surface area contributed by atoms with Gasteiger partial charge in [0.2, 0.25) is 0 Å². The van der Waals surface area contributed by atoms with Gasteiger partial charge >= 0.3 is 5.69 Å². The highest BCUT2D eigenvalue weighted by Gasteiger charge is 2.26. The molecule has 8 nitrogen and oxygen atoms in total. The van der Waals surface area contributed by atoms with Gasteiger partial charge in [0.1, 0.15) is 0 Å². The van der Waals surface area contributed by atoms with Crippen molar-refractivity contribution in [2.75, 3.05) is 0 Å². The van der Waals surface area contributed by atoms with E-state index in [1.165, 1.54) is 17.9 Å². The molecule has 0 aliphatic rings. The minimum atomic E-state index is -0.662. The van der Waals surface area contributed by atoms with Crippen molar-refractivity contribution in [2.45, 2.75) is 26.8 Å². The lowest BCUT2D eigenvalue weighted by atomic mass is 10.1. The second-order valence-electron chi connectivity index (χ2n) is 7.53. The number of benzene rings is 1. The number of nitrogens with zero attached hydrogens (tertiary/aromatic N) is 5. The van der Waals surface area contributed by atoms with Gasteiger partial charge in [-0.3, -0.25) is 18.7 Å². The third-order valence-corrected chi connectivity index (χ3v) is 5.68. The molecule has 0 unspecified atom stereocenters. The zero-order chi connectivity index (χ0) is 21.7. The zero-order valence-electron chi connectivity index (χ0n) is 17.6. The number of hydrogen-bond donors (Lipinski definition) is 0. The highest BCUT2D eigenvalue weighted by molar-refractivity contribution is 6.01. The molecule has 4 aromatic rings. The molecule has 0 saturated heterocycles. The van der Waals surface area contributed by atoms with Crippen LogP contribution in [0.3, 0.4) is 0 Å². The van der Waals surface area contributed by atoms with Crippen LogP contribution in [-0.2, 0) is 14.1 Å². The number of Topliss-reactive ketones (excluding diaryl/α,β-unsaturated/α-hetero) is 1. The molecule has 4 rings (SSSR count). The molecular weight excluding hydrogens is 382 g/mol. The standard InChI is InChI=1S/C22H23N5O3/c1-13-11-17(14(2)27(13)16-9-7-6-8-10-16)19(28)15(3)26-12-23-20-18(26)21(29)25(5)22(30)24(20)4/h6-12,15H,1-5H3/t15-/m0/s1. The van der Waals surface area contributed by atoms with Crippen LogP contribution < -0.4 is 11.2 Å². The Labute approximate surface area is 172 Å². The SMILES string of the molecule is Cc1cc(C(=O)[C@H](C)n2cnc3c2c(=O)n(C)c(=O)n3C)c(C)n1-c1ccccc1. The van der Waals surface area contributed by atoms with Gasteiger partial charge in [0, 0.05) is 36.7 Å². The quantitative estimate of drug-likeness (QED) is 0.488. The maximum atomic E-state index is 13.4. The number of carbonyl (C=O) groups excluding carboxylic acids is 1. The van der Waals surface area contributed by atoms with E-state index in [2.05, 4.69) is 4.98 Å². The molecule has 0 saturated carbocycles. The van der Waals surface area contributed by atoms with Crippen LogP contribution >= 0.6 is 0 Å². The number of fused-ring (bicyclic) bond motifs is 1. The molecule has 0 radical (unpaired) electrons. The van der Waals surface area contributed by atoms with Gasteiger partial charge in [-0.1, -0.05) is 18.2 Å². The number of para-hydroxylation sites is 1. The Morgan fingerprint density at radius 2 is 1.70 bits per heavy atom. The van der Waals surface area contributed by atoms with Crippen molar-refractivity contribution >= 4 is 16.9 Å². The monoisotopic (exact) mass is 405 g/mol. The van der Waals surface area contributed by atoms with E-state index in [-0.39, 0.29) is 16.9 Å². The largest absolute Gasteiger partial charge is 0.332 e. The van der Waals surface area contributed by atoms with Crippen molar-refractivity contribution < 1.29 is 4.79 Å². The molecule has 3 heterocycles. The third-order valence-electron chi connectivity index (χ3n) is 5.68. The number of aromatic nitrogens is 5. The lowest BCUT2D eigenvalue weighted by Gasteiger charge is -2.14. The van der Waals surface area contributed by atoms with Gasteiger partial charge in [-0.15, -0.1) is 0 Å². The Morgan fingerprint density at radius 1 is 1.03 bits per heavy atom. The fraction of sp³-hybridized carbons (Fsp3) is 0.273. The number of carbonyl (C=O) groups is 1. The first-order chi connectivity index (χ1) is 14.2. The summed E-state index contributed by atoms with van der Waals surface area (Å²) in [5, 5.41) is 0. The summed E-state index contributed by atoms with van der Waals surface area (Å²) in [5.41, 5.74) is 2.92. The summed E-state index contributed by atoms with van der Waals surface area (Å²) in [6.45, 7) is 5.61. The molecule has 3 aromatic heterocycles. The van der Waals surface area contributed by atoms with Crippen molar-refractivity contribution in [2.24, 2.45) is 14.1 Å². The fourth-order valence-corrected chi connectivity index (χ4v) is 4.00. The molecule has 8 heteroatoms. The minimum absolute atomic E-state index is 0.125. The van der Waals surface area contributed by atoms with E-state index in [1.54, 1.807) is 18.5 Å². The summed E-state index contributed by atoms with van der Waals surface area (Å²) in [6.07, 6.45) is 1.45. The number of ketones is 1. The van der Waals surface area contributed by atoms with E-state index in [0.717, 1.165) is 21.6 Å². The molecule has 0 aliphatic carbocycles. The minimum Gasteiger partial charge on any atom is -0.318 e. The first-order valence-electron chi connectivity index (χ1n) is 9.65. The normalized spacial score (nSPS) is 12.4. The smallest absolute Gasteiger partial charge is 0.318 e. The maximum Gasteiger partial charge on any atom is 0.332 e. The molecule has 30 heavy (non-hydrogen) atoms. The van der Waals surface area contributed by atoms with Gasteiger partial charge < -0.3 is 9.13 Å². The number of aryl methyl sites for hydroxylation is 2. The van der Waals surface area contributed by atoms with E-state index >= 15 is 0 Å². The number of imidazole rings is 1. The van der Waals surface area contributed by atoms with E-state index in [0.29, 0.717) is 5.56 Å². The zero-order valence-corrected chi connectivity index (χ0v) is 17.6. The van der Waals surface area contributed by atoms with Crippen LogP contribution in [0.1, 0.15) is 34.7 Å². The molecule has 0 spiro atoms. The van der Waals surface area contributed by atoms with E-state index in [4.69, 9.17) is 0 Å². The first-order valence-corrected chi connectivity index (χ1v) is 9.65. The van der Waals surface area contributed by atoms with Crippen molar-refractivity contribution in [3.05, 3.63) is 80.5 Å². The first kappa shape index (κ1) is 19.6. The number of rotatable bonds is 4. The molecule has 1 aromatic carbocycles. The predicted octanol–water partition coefficient (Wildman–Crippen LogP) is 2.29. The van der Waals surface area contributed by atoms with Gasteiger partial charge in [0.15, 0.2) is 16.9 Å². The van der Waals surface area contributed by atoms with Crippen molar-refractivity contribution in [1.29, 1.82) is 0 Å². The Morgan fingerprint density at radius 3 is 2.37 bits per heavy atom. The summed E-state index contributed by atoms with van der Waals surface area (Å²) in [7, 11) is 2.98. The molecule has 1 atom stereocenters. The maximum absolute atomic E-state index is 13.4. The summed E-state index contributed by atoms with van der Waals surface area (Å²) in [5.74, 6) is -0.125. The second kappa shape index (κ2) is 6.98. The summed E-state index contributed by atoms with van der Waals surface area (Å²) in [6, 6.07) is 11.0. The Kier molecular flexibility index (Phi) is 4.57. The molecule has 0 N–H and O–H groups in total. The topological polar surface area (TPSA) is 83.8 Å². The molecule has 0 aliphatic heterocycles. The van der Waals surface area contributed by atoms with E-state index < -0.39 is 17.3 Å². The van der Waals surface area contributed by atoms with Crippen molar-refractivity contribution in [3.63, 3.8) is 0 Å². The van der Waals surface area contributed by atoms with Crippen molar-refractivity contribution in [1.82, 2.24) is 23.3 Å². The highest BCUT2D eigenvalue weighted by Crippen LogP contribution is 2.25. The predicted molar refractivity (Wildman–Crippen MR) is 114 cm³/mol. The Hall–Kier alpha value is -3.68. The fourth-order valence-electron chi connectivity index (χ4n) is 4.00. The van der Waals surface area contributed by atoms with Gasteiger partial charge in [-0.25, -0.2) is 9.78 Å². The summed E-state index contributed by atoms with van der Waals surface area (Å²) >= 11 is 0. The van der Waals surface area contributed by atoms with Crippen LogP contribution in [0.5, 0.6) is 0 Å². The highest BCUT2D eigenvalue weighted by atomic mass is 16.2. The van der Waals surface area contributed by atoms with Crippen LogP contribution in [0.15, 0.2) is 52.3 Å². The van der Waals surface area contributed by atoms with Gasteiger partial charge in [-0.05, 0) is 39.0 Å². The average molecular weight is 405 g/mol. The second-order valence-corrected chi connectivity index (χ2v) is 7.53. The lowest BCUT2D eigenvalue weighted by molar-refractivity contribution is 0.0936. The van der Waals surface area contributed by atoms with Crippen LogP contribution in [-0.4, -0.2) is 29.0 Å². The van der Waals surface area contributed by atoms with E-state index in [1.807, 2.05) is 54.8 Å². The van der Waals surface area contributed by atoms with Gasteiger partial charge in [0.25, 0.3) is 5.56 Å². The molecule has 154 valence electrons. The van der Waals surface area contributed by atoms with E-state index in [9.17, 15) is 14.4 Å². The Bertz CT molecular complexity index is 1400. The lowest BCUT2D eigenvalue weighted by Crippen LogP contribution is -2.38. The summed E-state index contributed by atoms with van der Waals surface area (Å²) in [4.78, 5) is 42.5. The molecule has 0 bridgehead atoms. The average Bonchev–Trinajstić information content (AvgIpc) is 3.31. The molecular formula is C22H23N5O3. The Balaban J connectivity index is 1.83. The third kappa shape index (κ3) is 2.75. The van der Waals surface area contributed by atoms with Gasteiger partial charge in [-0.2, -0.15) is 0 Å². The number of hydrogen-bond acceptors (Lipinski definition) is 4. The van der Waals surface area contributed by atoms with Crippen molar-refractivity contribution in [3.8, 4) is 5.69 Å². The van der Waals surface area contributed by atoms with Crippen LogP contribution in [0.25, 0.3) is 16.9 Å².